The number of carbonyl (C=O) groups is 2. The molecule has 2 rings (SSSR count). The summed E-state index contributed by atoms with van der Waals surface area (Å²) in [6.45, 7) is 7.27. The van der Waals surface area contributed by atoms with Gasteiger partial charge in [-0.1, -0.05) is 0 Å². The van der Waals surface area contributed by atoms with Gasteiger partial charge < -0.3 is 20.4 Å². The molecule has 7 heteroatoms. The fraction of sp³-hybridized carbons (Fsp3) is 0.833. The number of carbonyl (C=O) groups excluding carboxylic acids is 2. The molecule has 0 aliphatic carbocycles. The van der Waals surface area contributed by atoms with Gasteiger partial charge in [0.25, 0.3) is 0 Å². The lowest BCUT2D eigenvalue weighted by atomic mass is 9.93. The van der Waals surface area contributed by atoms with Crippen LogP contribution in [0.2, 0.25) is 0 Å². The summed E-state index contributed by atoms with van der Waals surface area (Å²) >= 11 is 0. The van der Waals surface area contributed by atoms with Crippen LogP contribution < -0.4 is 10.6 Å². The molecule has 0 spiro atoms. The molecular weight excluding hydrogens is 318 g/mol. The van der Waals surface area contributed by atoms with Crippen molar-refractivity contribution in [3.63, 3.8) is 0 Å². The van der Waals surface area contributed by atoms with E-state index in [1.807, 2.05) is 4.90 Å². The number of aliphatic imine (C=N–C) groups is 1. The highest BCUT2D eigenvalue weighted by molar-refractivity contribution is 5.80. The maximum absolute atomic E-state index is 11.6. The number of rotatable bonds is 7. The van der Waals surface area contributed by atoms with E-state index in [0.717, 1.165) is 70.9 Å². The van der Waals surface area contributed by atoms with Gasteiger partial charge in [-0.3, -0.25) is 14.6 Å². The normalized spacial score (nSPS) is 19.4. The highest BCUT2D eigenvalue weighted by atomic mass is 16.2. The lowest BCUT2D eigenvalue weighted by Crippen LogP contribution is -2.46. The Bertz CT molecular complexity index is 472. The Kier molecular flexibility index (Phi) is 8.01. The first-order chi connectivity index (χ1) is 12.1. The standard InChI is InChI=1S/C18H33N5O2/c1-3-20-18(21-9-5-11-22-10-4-6-17(22)25)23-12-7-15(8-13-23)14-16(24)19-2/h15H,3-14H2,1-2H3,(H,19,24)(H,20,21). The van der Waals surface area contributed by atoms with Gasteiger partial charge >= 0.3 is 0 Å². The van der Waals surface area contributed by atoms with E-state index in [4.69, 9.17) is 4.99 Å². The second-order valence-electron chi connectivity index (χ2n) is 6.88. The molecule has 0 atom stereocenters. The molecule has 2 N–H and O–H groups in total. The van der Waals surface area contributed by atoms with Crippen molar-refractivity contribution in [2.75, 3.05) is 46.3 Å². The molecule has 0 aromatic rings. The van der Waals surface area contributed by atoms with Crippen LogP contribution in [-0.4, -0.2) is 73.9 Å². The minimum Gasteiger partial charge on any atom is -0.359 e. The third-order valence-electron chi connectivity index (χ3n) is 5.02. The van der Waals surface area contributed by atoms with E-state index in [0.29, 0.717) is 18.8 Å². The van der Waals surface area contributed by atoms with E-state index in [-0.39, 0.29) is 11.8 Å². The third-order valence-corrected chi connectivity index (χ3v) is 5.02. The summed E-state index contributed by atoms with van der Waals surface area (Å²) in [6, 6.07) is 0. The second-order valence-corrected chi connectivity index (χ2v) is 6.88. The van der Waals surface area contributed by atoms with Gasteiger partial charge in [0.15, 0.2) is 5.96 Å². The summed E-state index contributed by atoms with van der Waals surface area (Å²) in [5.41, 5.74) is 0. The molecule has 0 radical (unpaired) electrons. The first kappa shape index (κ1) is 19.5. The zero-order valence-electron chi connectivity index (χ0n) is 15.7. The fourth-order valence-corrected chi connectivity index (χ4v) is 3.53. The van der Waals surface area contributed by atoms with E-state index in [1.165, 1.54) is 0 Å². The van der Waals surface area contributed by atoms with Crippen LogP contribution in [0.1, 0.15) is 45.4 Å². The number of hydrogen-bond acceptors (Lipinski definition) is 3. The molecule has 0 unspecified atom stereocenters. The molecule has 0 aromatic heterocycles. The van der Waals surface area contributed by atoms with E-state index in [2.05, 4.69) is 22.5 Å². The summed E-state index contributed by atoms with van der Waals surface area (Å²) in [7, 11) is 1.70. The van der Waals surface area contributed by atoms with Crippen LogP contribution in [0, 0.1) is 5.92 Å². The SMILES string of the molecule is CCNC(=NCCCN1CCCC1=O)N1CCC(CC(=O)NC)CC1. The second kappa shape index (κ2) is 10.3. The molecule has 7 nitrogen and oxygen atoms in total. The number of nitrogens with one attached hydrogen (secondary N) is 2. The largest absolute Gasteiger partial charge is 0.359 e. The van der Waals surface area contributed by atoms with E-state index in [1.54, 1.807) is 7.05 Å². The smallest absolute Gasteiger partial charge is 0.222 e. The number of nitrogens with zero attached hydrogens (tertiary/aromatic N) is 3. The summed E-state index contributed by atoms with van der Waals surface area (Å²) in [5.74, 6) is 1.86. The molecule has 2 saturated heterocycles. The molecule has 0 saturated carbocycles. The quantitative estimate of drug-likeness (QED) is 0.404. The fourth-order valence-electron chi connectivity index (χ4n) is 3.53. The molecule has 25 heavy (non-hydrogen) atoms. The molecule has 2 amide bonds. The Morgan fingerprint density at radius 1 is 1.28 bits per heavy atom. The van der Waals surface area contributed by atoms with Crippen molar-refractivity contribution in [1.29, 1.82) is 0 Å². The third kappa shape index (κ3) is 6.21. The van der Waals surface area contributed by atoms with Gasteiger partial charge in [-0.2, -0.15) is 0 Å². The minimum atomic E-state index is 0.135. The topological polar surface area (TPSA) is 77.0 Å². The van der Waals surface area contributed by atoms with Crippen LogP contribution >= 0.6 is 0 Å². The molecule has 2 heterocycles. The summed E-state index contributed by atoms with van der Waals surface area (Å²) in [4.78, 5) is 32.1. The van der Waals surface area contributed by atoms with Crippen molar-refractivity contribution >= 4 is 17.8 Å². The Labute approximate surface area is 151 Å². The molecule has 2 aliphatic heterocycles. The maximum atomic E-state index is 11.6. The Hall–Kier alpha value is -1.79. The predicted octanol–water partition coefficient (Wildman–Crippen LogP) is 0.813. The van der Waals surface area contributed by atoms with E-state index < -0.39 is 0 Å². The average molecular weight is 351 g/mol. The van der Waals surface area contributed by atoms with Gasteiger partial charge in [-0.05, 0) is 38.5 Å². The van der Waals surface area contributed by atoms with Crippen LogP contribution in [0.4, 0.5) is 0 Å². The molecule has 2 fully saturated rings. The average Bonchev–Trinajstić information content (AvgIpc) is 3.03. The van der Waals surface area contributed by atoms with E-state index in [9.17, 15) is 9.59 Å². The van der Waals surface area contributed by atoms with Crippen LogP contribution in [0.5, 0.6) is 0 Å². The van der Waals surface area contributed by atoms with Gasteiger partial charge in [0.2, 0.25) is 11.8 Å². The summed E-state index contributed by atoms with van der Waals surface area (Å²) in [6.07, 6.45) is 5.29. The predicted molar refractivity (Wildman–Crippen MR) is 99.4 cm³/mol. The van der Waals surface area contributed by atoms with Crippen molar-refractivity contribution in [1.82, 2.24) is 20.4 Å². The van der Waals surface area contributed by atoms with Crippen LogP contribution in [0.3, 0.4) is 0 Å². The van der Waals surface area contributed by atoms with Crippen molar-refractivity contribution in [3.05, 3.63) is 0 Å². The van der Waals surface area contributed by atoms with E-state index >= 15 is 0 Å². The highest BCUT2D eigenvalue weighted by Gasteiger charge is 2.23. The lowest BCUT2D eigenvalue weighted by Gasteiger charge is -2.34. The van der Waals surface area contributed by atoms with Gasteiger partial charge in [0.05, 0.1) is 0 Å². The lowest BCUT2D eigenvalue weighted by molar-refractivity contribution is -0.127. The van der Waals surface area contributed by atoms with Crippen molar-refractivity contribution in [3.8, 4) is 0 Å². The van der Waals surface area contributed by atoms with Gasteiger partial charge in [0, 0.05) is 59.2 Å². The van der Waals surface area contributed by atoms with Crippen LogP contribution in [-0.2, 0) is 9.59 Å². The monoisotopic (exact) mass is 351 g/mol. The molecule has 142 valence electrons. The van der Waals surface area contributed by atoms with Gasteiger partial charge in [0.1, 0.15) is 0 Å². The Morgan fingerprint density at radius 3 is 2.64 bits per heavy atom. The van der Waals surface area contributed by atoms with Crippen molar-refractivity contribution < 1.29 is 9.59 Å². The molecular formula is C18H33N5O2. The number of likely N-dealkylation sites (tertiary alicyclic amines) is 2. The first-order valence-electron chi connectivity index (χ1n) is 9.65. The molecule has 0 bridgehead atoms. The first-order valence-corrected chi connectivity index (χ1v) is 9.65. The molecule has 0 aromatic carbocycles. The summed E-state index contributed by atoms with van der Waals surface area (Å²) < 4.78 is 0. The van der Waals surface area contributed by atoms with Crippen molar-refractivity contribution in [2.45, 2.75) is 45.4 Å². The maximum Gasteiger partial charge on any atom is 0.222 e. The van der Waals surface area contributed by atoms with Gasteiger partial charge in [-0.15, -0.1) is 0 Å². The zero-order chi connectivity index (χ0) is 18.1. The number of piperidine rings is 1. The highest BCUT2D eigenvalue weighted by Crippen LogP contribution is 2.20. The Balaban J connectivity index is 1.75. The molecule has 2 aliphatic rings. The minimum absolute atomic E-state index is 0.135. The zero-order valence-corrected chi connectivity index (χ0v) is 15.7. The van der Waals surface area contributed by atoms with Crippen LogP contribution in [0.15, 0.2) is 4.99 Å². The number of hydrogen-bond donors (Lipinski definition) is 2. The van der Waals surface area contributed by atoms with Crippen LogP contribution in [0.25, 0.3) is 0 Å². The summed E-state index contributed by atoms with van der Waals surface area (Å²) in [5, 5.41) is 6.08. The number of guanidine groups is 1. The van der Waals surface area contributed by atoms with Crippen molar-refractivity contribution in [2.24, 2.45) is 10.9 Å². The van der Waals surface area contributed by atoms with Gasteiger partial charge in [-0.25, -0.2) is 0 Å². The number of amides is 2. The Morgan fingerprint density at radius 2 is 2.04 bits per heavy atom.